The molecule has 0 bridgehead atoms. The van der Waals surface area contributed by atoms with Gasteiger partial charge in [-0.15, -0.1) is 0 Å². The number of para-hydroxylation sites is 1. The summed E-state index contributed by atoms with van der Waals surface area (Å²) in [6, 6.07) is 10.7. The number of amides is 3. The van der Waals surface area contributed by atoms with E-state index in [9.17, 15) is 23.6 Å². The molecule has 0 aliphatic carbocycles. The Morgan fingerprint density at radius 2 is 1.80 bits per heavy atom. The minimum Gasteiger partial charge on any atom is -0.496 e. The molecular weight excluding hydrogens is 531 g/mol. The van der Waals surface area contributed by atoms with Crippen LogP contribution in [0.1, 0.15) is 43.6 Å². The number of nitrogens with one attached hydrogen (secondary N) is 4. The van der Waals surface area contributed by atoms with Crippen LogP contribution in [0.3, 0.4) is 0 Å². The third kappa shape index (κ3) is 7.41. The number of hydrogen-bond acceptors (Lipinski definition) is 6. The van der Waals surface area contributed by atoms with E-state index in [0.29, 0.717) is 30.7 Å². The van der Waals surface area contributed by atoms with Crippen molar-refractivity contribution in [3.63, 3.8) is 0 Å². The van der Waals surface area contributed by atoms with Gasteiger partial charge in [0.1, 0.15) is 24.1 Å². The normalized spacial score (nSPS) is 16.2. The van der Waals surface area contributed by atoms with Crippen LogP contribution in [-0.4, -0.2) is 60.8 Å². The predicted octanol–water partition coefficient (Wildman–Crippen LogP) is 3.12. The first-order valence-electron chi connectivity index (χ1n) is 13.6. The number of ketones is 1. The Balaban J connectivity index is 1.50. The van der Waals surface area contributed by atoms with Gasteiger partial charge in [-0.1, -0.05) is 32.0 Å². The highest BCUT2D eigenvalue weighted by atomic mass is 19.1. The second-order valence-corrected chi connectivity index (χ2v) is 10.5. The number of aromatic amines is 1. The number of fused-ring (bicyclic) bond motifs is 1. The summed E-state index contributed by atoms with van der Waals surface area (Å²) < 4.78 is 24.8. The minimum absolute atomic E-state index is 0.0352. The van der Waals surface area contributed by atoms with Crippen LogP contribution >= 0.6 is 0 Å². The molecule has 3 aromatic rings. The maximum Gasteiger partial charge on any atom is 0.268 e. The lowest BCUT2D eigenvalue weighted by molar-refractivity contribution is -0.131. The maximum atomic E-state index is 14.0. The second-order valence-electron chi connectivity index (χ2n) is 10.5. The number of H-pyrrole nitrogens is 1. The maximum absolute atomic E-state index is 14.0. The number of Topliss-reactive ketones (excluding diaryl/α,β-unsaturated/α-hetero) is 1. The summed E-state index contributed by atoms with van der Waals surface area (Å²) in [6.07, 6.45) is 0.877. The fourth-order valence-electron chi connectivity index (χ4n) is 4.88. The number of methoxy groups -OCH3 is 1. The van der Waals surface area contributed by atoms with E-state index in [2.05, 4.69) is 20.9 Å². The number of carbonyl (C=O) groups is 4. The topological polar surface area (TPSA) is 139 Å². The smallest absolute Gasteiger partial charge is 0.268 e. The Labute approximate surface area is 237 Å². The summed E-state index contributed by atoms with van der Waals surface area (Å²) in [4.78, 5) is 55.2. The Morgan fingerprint density at radius 1 is 1.05 bits per heavy atom. The van der Waals surface area contributed by atoms with Gasteiger partial charge in [0.25, 0.3) is 5.91 Å². The molecule has 0 spiro atoms. The van der Waals surface area contributed by atoms with Crippen molar-refractivity contribution in [2.75, 3.05) is 20.3 Å². The average Bonchev–Trinajstić information content (AvgIpc) is 3.57. The molecule has 0 unspecified atom stereocenters. The summed E-state index contributed by atoms with van der Waals surface area (Å²) in [5, 5.41) is 8.97. The quantitative estimate of drug-likeness (QED) is 0.251. The van der Waals surface area contributed by atoms with E-state index in [1.807, 2.05) is 19.9 Å². The first kappa shape index (κ1) is 29.6. The van der Waals surface area contributed by atoms with E-state index in [0.717, 1.165) is 5.39 Å². The molecule has 2 heterocycles. The van der Waals surface area contributed by atoms with Gasteiger partial charge in [-0.05, 0) is 55.5 Å². The number of rotatable bonds is 13. The van der Waals surface area contributed by atoms with Gasteiger partial charge in [0.05, 0.1) is 13.2 Å². The molecule has 3 amide bonds. The van der Waals surface area contributed by atoms with Gasteiger partial charge < -0.3 is 30.4 Å². The molecule has 41 heavy (non-hydrogen) atoms. The van der Waals surface area contributed by atoms with E-state index in [1.54, 1.807) is 31.4 Å². The Morgan fingerprint density at radius 3 is 2.49 bits per heavy atom. The van der Waals surface area contributed by atoms with Crippen LogP contribution in [0.15, 0.2) is 48.5 Å². The molecule has 1 aliphatic heterocycles. The summed E-state index contributed by atoms with van der Waals surface area (Å²) >= 11 is 0. The van der Waals surface area contributed by atoms with Crippen molar-refractivity contribution in [2.45, 2.75) is 45.2 Å². The molecule has 0 saturated carbocycles. The van der Waals surface area contributed by atoms with Crippen molar-refractivity contribution in [1.82, 2.24) is 20.9 Å². The van der Waals surface area contributed by atoms with E-state index in [-0.39, 0.29) is 29.7 Å². The highest BCUT2D eigenvalue weighted by Crippen LogP contribution is 2.26. The van der Waals surface area contributed by atoms with Crippen LogP contribution in [0.5, 0.6) is 11.5 Å². The van der Waals surface area contributed by atoms with Crippen LogP contribution in [0.2, 0.25) is 0 Å². The van der Waals surface area contributed by atoms with E-state index < -0.39 is 48.0 Å². The molecule has 1 saturated heterocycles. The lowest BCUT2D eigenvalue weighted by Gasteiger charge is -2.25. The van der Waals surface area contributed by atoms with Crippen molar-refractivity contribution in [2.24, 2.45) is 11.8 Å². The van der Waals surface area contributed by atoms with Crippen LogP contribution in [-0.2, 0) is 14.4 Å². The fraction of sp³-hybridized carbons (Fsp3) is 0.400. The van der Waals surface area contributed by atoms with Crippen LogP contribution in [0.4, 0.5) is 4.39 Å². The molecule has 10 nitrogen and oxygen atoms in total. The molecule has 4 rings (SSSR count). The molecule has 4 N–H and O–H groups in total. The summed E-state index contributed by atoms with van der Waals surface area (Å²) in [5.41, 5.74) is 0.953. The summed E-state index contributed by atoms with van der Waals surface area (Å²) in [6.45, 7) is 3.80. The fourth-order valence-corrected chi connectivity index (χ4v) is 4.88. The monoisotopic (exact) mass is 566 g/mol. The number of aromatic nitrogens is 1. The average molecular weight is 567 g/mol. The molecule has 1 aromatic heterocycles. The summed E-state index contributed by atoms with van der Waals surface area (Å²) in [7, 11) is 1.54. The Kier molecular flexibility index (Phi) is 9.59. The first-order chi connectivity index (χ1) is 19.7. The zero-order valence-corrected chi connectivity index (χ0v) is 23.3. The number of halogens is 1. The zero-order valence-electron chi connectivity index (χ0n) is 23.3. The lowest BCUT2D eigenvalue weighted by Crippen LogP contribution is -2.53. The zero-order chi connectivity index (χ0) is 29.5. The molecule has 3 atom stereocenters. The van der Waals surface area contributed by atoms with Crippen LogP contribution < -0.4 is 25.4 Å². The number of carbonyl (C=O) groups excluding carboxylic acids is 4. The molecule has 11 heteroatoms. The highest BCUT2D eigenvalue weighted by molar-refractivity contribution is 6.02. The third-order valence-corrected chi connectivity index (χ3v) is 7.01. The highest BCUT2D eigenvalue weighted by Gasteiger charge is 2.33. The number of ether oxygens (including phenoxy) is 2. The van der Waals surface area contributed by atoms with Gasteiger partial charge in [0.2, 0.25) is 11.8 Å². The SMILES string of the molecule is COc1cccc2[nH]c(C(=O)N[C@@H](CC(C)C)C(=O)N[C@@H](C[C@@H]3CCNC3=O)C(=O)COc3ccccc3F)cc12. The molecular formula is C30H35FN4O6. The predicted molar refractivity (Wildman–Crippen MR) is 150 cm³/mol. The first-order valence-corrected chi connectivity index (χ1v) is 13.6. The largest absolute Gasteiger partial charge is 0.496 e. The van der Waals surface area contributed by atoms with Crippen LogP contribution in [0.25, 0.3) is 10.9 Å². The standard InChI is InChI=1S/C30H35FN4O6/c1-17(2)13-23(35-30(39)24-15-19-21(33-24)8-6-10-26(19)40-3)29(38)34-22(14-18-11-12-32-28(18)37)25(36)16-41-27-9-5-4-7-20(27)31/h4-10,15,17-18,22-23,33H,11-14,16H2,1-3H3,(H,32,37)(H,34,38)(H,35,39)/t18-,22-,23-/m0/s1. The van der Waals surface area contributed by atoms with E-state index in [1.165, 1.54) is 18.2 Å². The van der Waals surface area contributed by atoms with Crippen molar-refractivity contribution in [1.29, 1.82) is 0 Å². The number of benzene rings is 2. The van der Waals surface area contributed by atoms with Gasteiger partial charge in [-0.25, -0.2) is 4.39 Å². The van der Waals surface area contributed by atoms with E-state index >= 15 is 0 Å². The Hall–Kier alpha value is -4.41. The van der Waals surface area contributed by atoms with Gasteiger partial charge >= 0.3 is 0 Å². The van der Waals surface area contributed by atoms with Gasteiger partial charge in [-0.3, -0.25) is 19.2 Å². The second kappa shape index (κ2) is 13.3. The van der Waals surface area contributed by atoms with Crippen molar-refractivity contribution >= 4 is 34.4 Å². The van der Waals surface area contributed by atoms with Crippen LogP contribution in [0, 0.1) is 17.7 Å². The van der Waals surface area contributed by atoms with Crippen molar-refractivity contribution in [3.05, 3.63) is 60.0 Å². The van der Waals surface area contributed by atoms with Crippen molar-refractivity contribution in [3.8, 4) is 11.5 Å². The number of hydrogen-bond donors (Lipinski definition) is 4. The molecule has 1 aliphatic rings. The Bertz CT molecular complexity index is 1420. The molecule has 0 radical (unpaired) electrons. The molecule has 218 valence electrons. The summed E-state index contributed by atoms with van der Waals surface area (Å²) in [5.74, 6) is -2.33. The van der Waals surface area contributed by atoms with Gasteiger partial charge in [0, 0.05) is 23.4 Å². The molecule has 2 aromatic carbocycles. The molecule has 1 fully saturated rings. The lowest BCUT2D eigenvalue weighted by atomic mass is 9.95. The van der Waals surface area contributed by atoms with Gasteiger partial charge in [0.15, 0.2) is 17.3 Å². The minimum atomic E-state index is -1.08. The van der Waals surface area contributed by atoms with Crippen molar-refractivity contribution < 1.29 is 33.0 Å². The van der Waals surface area contributed by atoms with E-state index in [4.69, 9.17) is 9.47 Å². The third-order valence-electron chi connectivity index (χ3n) is 7.01. The van der Waals surface area contributed by atoms with Gasteiger partial charge in [-0.2, -0.15) is 0 Å².